The predicted octanol–water partition coefficient (Wildman–Crippen LogP) is 19.4. The first-order valence-corrected chi connectivity index (χ1v) is 29.6. The normalized spacial score (nSPS) is 18.2. The largest absolute Gasteiger partial charge is 0.462 e. The van der Waals surface area contributed by atoms with Crippen LogP contribution in [0.15, 0.2) is 0 Å². The Bertz CT molecular complexity index is 2650. The third-order valence-electron chi connectivity index (χ3n) is 16.9. The summed E-state index contributed by atoms with van der Waals surface area (Å²) in [6.07, 6.45) is -62.1. The van der Waals surface area contributed by atoms with E-state index in [-0.39, 0.29) is 25.7 Å². The summed E-state index contributed by atoms with van der Waals surface area (Å²) in [7, 11) is 0. The van der Waals surface area contributed by atoms with Gasteiger partial charge in [-0.15, -0.1) is 0 Å². The van der Waals surface area contributed by atoms with Gasteiger partial charge in [-0.25, -0.2) is 8.78 Å². The van der Waals surface area contributed by atoms with Gasteiger partial charge in [-0.1, -0.05) is 41.5 Å². The van der Waals surface area contributed by atoms with Crippen LogP contribution in [0, 0.1) is 39.4 Å². The maximum absolute atomic E-state index is 13.8. The monoisotopic (exact) mass is 1600 g/mol. The standard InChI is InChI=1S/C18H22F12O4.C16H23F9O2.C12H18F6O3.C11H14F8O2/c1-4-12(2,3)11(31)34-10-6-8(13(32,15(19,20)21)16(22,23)24)5-9(7-10)14(33,17(25,26)27)18(28,29)30;1-6-12(4,5)11(26)27-10(7-9(2)3)8-13(17,18)14(19,20)15(21,22)16(23,24)25;1-6-8(2,3)7(19)21-9(4,5)10(20,11(13,14)15)12(16,17)18;1-4-8(2,3)7(20)21-5-9(14,15)11(18,19)10(16,17)6(12)13/h8-10,32-33H,4-7H2,1-3H3;9-10H,6-8H2,1-5H3;20H,6H2,1-5H3;6H,4-5H2,1-3H3. The van der Waals surface area contributed by atoms with E-state index in [1.165, 1.54) is 90.0 Å². The van der Waals surface area contributed by atoms with Gasteiger partial charge >= 0.3 is 109 Å². The van der Waals surface area contributed by atoms with Crippen LogP contribution in [0.3, 0.4) is 0 Å². The van der Waals surface area contributed by atoms with E-state index in [2.05, 4.69) is 9.47 Å². The molecule has 0 aromatic rings. The molecular weight excluding hydrogens is 1530 g/mol. The van der Waals surface area contributed by atoms with Crippen LogP contribution in [0.1, 0.15) is 169 Å². The molecule has 3 N–H and O–H groups in total. The summed E-state index contributed by atoms with van der Waals surface area (Å²) >= 11 is 0. The van der Waals surface area contributed by atoms with Crippen LogP contribution in [-0.2, 0) is 38.1 Å². The van der Waals surface area contributed by atoms with Gasteiger partial charge in [-0.05, 0) is 127 Å². The van der Waals surface area contributed by atoms with Crippen LogP contribution in [0.5, 0.6) is 0 Å². The summed E-state index contributed by atoms with van der Waals surface area (Å²) in [5.41, 5.74) is -25.1. The molecule has 0 aliphatic heterocycles. The Hall–Kier alpha value is -4.69. The SMILES string of the molecule is CCC(C)(C)C(=O)OC(C)(C)C(O)(C(F)(F)F)C(F)(F)F.CCC(C)(C)C(=O)OC(CC(C)C)CC(F)(F)C(F)(F)C(F)(F)C(F)(F)F.CCC(C)(C)C(=O)OC1CC(C(O)(C(F)(F)F)C(F)(F)F)CC(C(O)(C(F)(F)F)C(F)(F)F)C1.CCC(C)(C)C(=O)OCC(F)(F)C(F)(F)C(F)(F)C(F)F. The predicted molar refractivity (Wildman–Crippen MR) is 285 cm³/mol. The third kappa shape index (κ3) is 22.7. The first-order chi connectivity index (χ1) is 44.6. The number of aliphatic hydroxyl groups is 3. The summed E-state index contributed by atoms with van der Waals surface area (Å²) in [6, 6.07) is 0. The quantitative estimate of drug-likeness (QED) is 0.0452. The molecule has 0 spiro atoms. The minimum absolute atomic E-state index is 0.0184. The van der Waals surface area contributed by atoms with Crippen LogP contribution < -0.4 is 0 Å². The second kappa shape index (κ2) is 33.0. The van der Waals surface area contributed by atoms with Crippen molar-refractivity contribution in [2.75, 3.05) is 6.61 Å². The molecule has 0 heterocycles. The second-order valence-corrected chi connectivity index (χ2v) is 27.2. The number of ether oxygens (including phenoxy) is 4. The van der Waals surface area contributed by atoms with Crippen LogP contribution >= 0.6 is 0 Å². The summed E-state index contributed by atoms with van der Waals surface area (Å²) in [5.74, 6) is -49.9. The van der Waals surface area contributed by atoms with E-state index in [1.807, 2.05) is 0 Å². The first kappa shape index (κ1) is 102. The molecule has 1 aliphatic rings. The fraction of sp³-hybridized carbons (Fsp3) is 0.930. The van der Waals surface area contributed by atoms with Crippen molar-refractivity contribution in [1.29, 1.82) is 0 Å². The van der Waals surface area contributed by atoms with Crippen molar-refractivity contribution >= 4 is 23.9 Å². The zero-order valence-corrected chi connectivity index (χ0v) is 56.9. The minimum Gasteiger partial charge on any atom is -0.462 e. The number of carbonyl (C=O) groups excluding carboxylic acids is 4. The lowest BCUT2D eigenvalue weighted by atomic mass is 9.65. The van der Waals surface area contributed by atoms with Crippen molar-refractivity contribution in [3.8, 4) is 0 Å². The molecule has 0 aromatic carbocycles. The fourth-order valence-corrected chi connectivity index (χ4v) is 8.12. The van der Waals surface area contributed by atoms with Gasteiger partial charge in [0.05, 0.1) is 28.1 Å². The van der Waals surface area contributed by atoms with Gasteiger partial charge in [0.25, 0.3) is 16.8 Å². The molecule has 46 heteroatoms. The van der Waals surface area contributed by atoms with Gasteiger partial charge in [0.1, 0.15) is 12.2 Å². The molecule has 1 fully saturated rings. The topological polar surface area (TPSA) is 166 Å². The molecule has 1 aliphatic carbocycles. The summed E-state index contributed by atoms with van der Waals surface area (Å²) in [5, 5.41) is 28.5. The van der Waals surface area contributed by atoms with Gasteiger partial charge in [0.15, 0.2) is 12.2 Å². The van der Waals surface area contributed by atoms with E-state index in [4.69, 9.17) is 9.47 Å². The van der Waals surface area contributed by atoms with E-state index < -0.39 is 222 Å². The lowest BCUT2D eigenvalue weighted by molar-refractivity contribution is -0.408. The molecule has 0 amide bonds. The zero-order chi connectivity index (χ0) is 84.2. The van der Waals surface area contributed by atoms with E-state index in [0.29, 0.717) is 13.8 Å². The van der Waals surface area contributed by atoms with Crippen LogP contribution in [0.25, 0.3) is 0 Å². The highest BCUT2D eigenvalue weighted by molar-refractivity contribution is 5.77. The maximum Gasteiger partial charge on any atom is 0.460 e. The molecule has 1 saturated carbocycles. The van der Waals surface area contributed by atoms with Crippen molar-refractivity contribution in [3.05, 3.63) is 0 Å². The highest BCUT2D eigenvalue weighted by Crippen LogP contribution is 2.60. The van der Waals surface area contributed by atoms with Crippen molar-refractivity contribution < 1.29 is 207 Å². The van der Waals surface area contributed by atoms with Crippen LogP contribution in [-0.4, -0.2) is 166 Å². The first-order valence-electron chi connectivity index (χ1n) is 29.6. The smallest absolute Gasteiger partial charge is 0.460 e. The van der Waals surface area contributed by atoms with Crippen LogP contribution in [0.4, 0.5) is 154 Å². The van der Waals surface area contributed by atoms with Gasteiger partial charge in [0.2, 0.25) is 0 Å². The molecule has 616 valence electrons. The summed E-state index contributed by atoms with van der Waals surface area (Å²) < 4.78 is 472. The Morgan fingerprint density at radius 2 is 0.709 bits per heavy atom. The van der Waals surface area contributed by atoms with E-state index in [9.17, 15) is 188 Å². The average molecular weight is 1600 g/mol. The lowest BCUT2D eigenvalue weighted by Gasteiger charge is -2.48. The Labute approximate surface area is 564 Å². The number of carbonyl (C=O) groups is 4. The van der Waals surface area contributed by atoms with Gasteiger partial charge in [-0.2, -0.15) is 145 Å². The molecule has 0 saturated heterocycles. The Balaban J connectivity index is -0.00000132. The lowest BCUT2D eigenvalue weighted by Crippen LogP contribution is -2.70. The zero-order valence-electron chi connectivity index (χ0n) is 56.9. The third-order valence-corrected chi connectivity index (χ3v) is 16.9. The molecule has 3 unspecified atom stereocenters. The molecule has 11 nitrogen and oxygen atoms in total. The summed E-state index contributed by atoms with van der Waals surface area (Å²) in [6.45, 7) is 17.5. The van der Waals surface area contributed by atoms with Crippen LogP contribution in [0.2, 0.25) is 0 Å². The maximum atomic E-state index is 13.8. The van der Waals surface area contributed by atoms with E-state index in [1.54, 1.807) is 6.92 Å². The Morgan fingerprint density at radius 3 is 0.990 bits per heavy atom. The fourth-order valence-electron chi connectivity index (χ4n) is 8.12. The number of alkyl halides is 35. The molecule has 0 radical (unpaired) electrons. The van der Waals surface area contributed by atoms with Crippen molar-refractivity contribution in [1.82, 2.24) is 0 Å². The van der Waals surface area contributed by atoms with Gasteiger partial charge in [-0.3, -0.25) is 19.2 Å². The summed E-state index contributed by atoms with van der Waals surface area (Å²) in [4.78, 5) is 47.3. The number of halogens is 35. The molecule has 3 atom stereocenters. The average Bonchev–Trinajstić information content (AvgIpc) is 0.737. The van der Waals surface area contributed by atoms with Crippen molar-refractivity contribution in [2.45, 2.75) is 288 Å². The molecule has 103 heavy (non-hydrogen) atoms. The molecular formula is C57H77F35O11. The van der Waals surface area contributed by atoms with E-state index >= 15 is 0 Å². The molecule has 0 aromatic heterocycles. The van der Waals surface area contributed by atoms with Crippen molar-refractivity contribution in [3.63, 3.8) is 0 Å². The van der Waals surface area contributed by atoms with Gasteiger partial charge in [0, 0.05) is 11.8 Å². The highest BCUT2D eigenvalue weighted by Gasteiger charge is 2.83. The number of rotatable bonds is 25. The molecule has 0 bridgehead atoms. The van der Waals surface area contributed by atoms with E-state index in [0.717, 1.165) is 0 Å². The van der Waals surface area contributed by atoms with Crippen molar-refractivity contribution in [2.24, 2.45) is 39.4 Å². The number of esters is 4. The number of hydrogen-bond acceptors (Lipinski definition) is 11. The van der Waals surface area contributed by atoms with Gasteiger partial charge < -0.3 is 34.3 Å². The second-order valence-electron chi connectivity index (χ2n) is 27.2. The highest BCUT2D eigenvalue weighted by atomic mass is 19.5. The minimum atomic E-state index is -6.96. The molecule has 1 rings (SSSR count). The Kier molecular flexibility index (Phi) is 32.9. The number of hydrogen-bond donors (Lipinski definition) is 3. The Morgan fingerprint density at radius 1 is 0.398 bits per heavy atom.